The Balaban J connectivity index is 1.93. The first kappa shape index (κ1) is 12.1. The molecule has 0 bridgehead atoms. The number of hydrogen-bond acceptors (Lipinski definition) is 3. The zero-order valence-electron chi connectivity index (χ0n) is 9.73. The molecule has 4 heteroatoms. The largest absolute Gasteiger partial charge is 0.387 e. The smallest absolute Gasteiger partial charge is 0.251 e. The molecule has 1 amide bonds. The van der Waals surface area contributed by atoms with Gasteiger partial charge in [-0.05, 0) is 36.5 Å². The van der Waals surface area contributed by atoms with Gasteiger partial charge in [-0.15, -0.1) is 0 Å². The Morgan fingerprint density at radius 3 is 2.59 bits per heavy atom. The zero-order chi connectivity index (χ0) is 12.3. The van der Waals surface area contributed by atoms with Crippen LogP contribution in [0.15, 0.2) is 24.3 Å². The van der Waals surface area contributed by atoms with Gasteiger partial charge in [0, 0.05) is 18.7 Å². The molecule has 1 saturated carbocycles. The average Bonchev–Trinajstić information content (AvgIpc) is 3.19. The van der Waals surface area contributed by atoms with Crippen molar-refractivity contribution in [3.8, 4) is 0 Å². The Kier molecular flexibility index (Phi) is 3.76. The van der Waals surface area contributed by atoms with Crippen molar-refractivity contribution in [2.24, 2.45) is 11.7 Å². The molecule has 4 nitrogen and oxygen atoms in total. The van der Waals surface area contributed by atoms with Gasteiger partial charge in [-0.3, -0.25) is 4.79 Å². The fourth-order valence-corrected chi connectivity index (χ4v) is 1.65. The summed E-state index contributed by atoms with van der Waals surface area (Å²) in [5.41, 5.74) is 6.73. The maximum absolute atomic E-state index is 11.7. The van der Waals surface area contributed by atoms with Crippen LogP contribution in [0.1, 0.15) is 34.9 Å². The second kappa shape index (κ2) is 5.29. The topological polar surface area (TPSA) is 75.3 Å². The molecule has 1 aliphatic rings. The molecular formula is C13H18N2O2. The highest BCUT2D eigenvalue weighted by atomic mass is 16.3. The average molecular weight is 234 g/mol. The van der Waals surface area contributed by atoms with E-state index in [1.165, 1.54) is 12.8 Å². The molecule has 17 heavy (non-hydrogen) atoms. The fraction of sp³-hybridized carbons (Fsp3) is 0.462. The summed E-state index contributed by atoms with van der Waals surface area (Å²) in [5.74, 6) is 0.628. The summed E-state index contributed by atoms with van der Waals surface area (Å²) in [7, 11) is 0. The van der Waals surface area contributed by atoms with E-state index in [2.05, 4.69) is 5.32 Å². The van der Waals surface area contributed by atoms with Crippen LogP contribution in [-0.2, 0) is 0 Å². The van der Waals surface area contributed by atoms with Crippen molar-refractivity contribution < 1.29 is 9.90 Å². The van der Waals surface area contributed by atoms with Crippen LogP contribution < -0.4 is 11.1 Å². The van der Waals surface area contributed by atoms with E-state index in [-0.39, 0.29) is 12.5 Å². The van der Waals surface area contributed by atoms with E-state index in [9.17, 15) is 9.90 Å². The molecule has 0 saturated heterocycles. The van der Waals surface area contributed by atoms with Gasteiger partial charge in [0.2, 0.25) is 0 Å². The highest BCUT2D eigenvalue weighted by Crippen LogP contribution is 2.27. The van der Waals surface area contributed by atoms with E-state index < -0.39 is 6.10 Å². The van der Waals surface area contributed by atoms with E-state index in [0.717, 1.165) is 12.1 Å². The van der Waals surface area contributed by atoms with Crippen molar-refractivity contribution in [2.75, 3.05) is 13.1 Å². The van der Waals surface area contributed by atoms with Gasteiger partial charge in [0.25, 0.3) is 5.91 Å². The summed E-state index contributed by atoms with van der Waals surface area (Å²) in [6.45, 7) is 0.958. The third kappa shape index (κ3) is 3.28. The number of nitrogens with two attached hydrogens (primary N) is 1. The highest BCUT2D eigenvalue weighted by molar-refractivity contribution is 5.94. The van der Waals surface area contributed by atoms with Crippen molar-refractivity contribution in [1.82, 2.24) is 5.32 Å². The monoisotopic (exact) mass is 234 g/mol. The first-order valence-electron chi connectivity index (χ1n) is 5.97. The van der Waals surface area contributed by atoms with E-state index in [1.54, 1.807) is 24.3 Å². The van der Waals surface area contributed by atoms with Crippen molar-refractivity contribution >= 4 is 5.91 Å². The minimum absolute atomic E-state index is 0.0503. The Morgan fingerprint density at radius 1 is 1.41 bits per heavy atom. The van der Waals surface area contributed by atoms with Gasteiger partial charge < -0.3 is 16.2 Å². The number of hydrogen-bond donors (Lipinski definition) is 3. The molecule has 1 unspecified atom stereocenters. The number of rotatable bonds is 5. The molecular weight excluding hydrogens is 216 g/mol. The fourth-order valence-electron chi connectivity index (χ4n) is 1.65. The molecule has 4 N–H and O–H groups in total. The van der Waals surface area contributed by atoms with Crippen molar-refractivity contribution in [2.45, 2.75) is 18.9 Å². The van der Waals surface area contributed by atoms with Crippen LogP contribution >= 0.6 is 0 Å². The number of carbonyl (C=O) groups excluding carboxylic acids is 1. The van der Waals surface area contributed by atoms with Crippen molar-refractivity contribution in [3.63, 3.8) is 0 Å². The number of carbonyl (C=O) groups is 1. The predicted octanol–water partition coefficient (Wildman–Crippen LogP) is 0.818. The highest BCUT2D eigenvalue weighted by Gasteiger charge is 2.21. The second-order valence-electron chi connectivity index (χ2n) is 4.53. The van der Waals surface area contributed by atoms with E-state index in [1.807, 2.05) is 0 Å². The SMILES string of the molecule is NCC(O)c1ccc(C(=O)NCC2CC2)cc1. The van der Waals surface area contributed by atoms with Crippen LogP contribution in [0.2, 0.25) is 0 Å². The minimum Gasteiger partial charge on any atom is -0.387 e. The van der Waals surface area contributed by atoms with Crippen LogP contribution in [0, 0.1) is 5.92 Å². The third-order valence-corrected chi connectivity index (χ3v) is 3.03. The number of aliphatic hydroxyl groups is 1. The molecule has 1 aromatic carbocycles. The van der Waals surface area contributed by atoms with Gasteiger partial charge in [-0.1, -0.05) is 12.1 Å². The Hall–Kier alpha value is -1.39. The lowest BCUT2D eigenvalue weighted by Gasteiger charge is -2.09. The number of nitrogens with one attached hydrogen (secondary N) is 1. The molecule has 92 valence electrons. The molecule has 0 aliphatic heterocycles. The quantitative estimate of drug-likeness (QED) is 0.706. The van der Waals surface area contributed by atoms with Gasteiger partial charge >= 0.3 is 0 Å². The molecule has 0 spiro atoms. The van der Waals surface area contributed by atoms with E-state index in [4.69, 9.17) is 5.73 Å². The minimum atomic E-state index is -0.654. The van der Waals surface area contributed by atoms with Gasteiger partial charge in [-0.25, -0.2) is 0 Å². The lowest BCUT2D eigenvalue weighted by molar-refractivity contribution is 0.0951. The first-order valence-corrected chi connectivity index (χ1v) is 5.97. The van der Waals surface area contributed by atoms with Gasteiger partial charge in [-0.2, -0.15) is 0 Å². The zero-order valence-corrected chi connectivity index (χ0v) is 9.73. The van der Waals surface area contributed by atoms with Gasteiger partial charge in [0.15, 0.2) is 0 Å². The number of aliphatic hydroxyl groups excluding tert-OH is 1. The van der Waals surface area contributed by atoms with Crippen LogP contribution in [0.25, 0.3) is 0 Å². The summed E-state index contributed by atoms with van der Waals surface area (Å²) < 4.78 is 0. The molecule has 0 heterocycles. The van der Waals surface area contributed by atoms with Crippen LogP contribution in [-0.4, -0.2) is 24.1 Å². The summed E-state index contributed by atoms with van der Waals surface area (Å²) >= 11 is 0. The predicted molar refractivity (Wildman–Crippen MR) is 65.5 cm³/mol. The second-order valence-corrected chi connectivity index (χ2v) is 4.53. The van der Waals surface area contributed by atoms with Crippen LogP contribution in [0.5, 0.6) is 0 Å². The van der Waals surface area contributed by atoms with Crippen LogP contribution in [0.3, 0.4) is 0 Å². The van der Waals surface area contributed by atoms with E-state index in [0.29, 0.717) is 11.5 Å². The molecule has 2 rings (SSSR count). The van der Waals surface area contributed by atoms with Crippen molar-refractivity contribution in [3.05, 3.63) is 35.4 Å². The van der Waals surface area contributed by atoms with Gasteiger partial charge in [0.1, 0.15) is 0 Å². The maximum atomic E-state index is 11.7. The standard InChI is InChI=1S/C13H18N2O2/c14-7-12(16)10-3-5-11(6-4-10)13(17)15-8-9-1-2-9/h3-6,9,12,16H,1-2,7-8,14H2,(H,15,17). The van der Waals surface area contributed by atoms with Crippen LogP contribution in [0.4, 0.5) is 0 Å². The summed E-state index contributed by atoms with van der Waals surface area (Å²) in [4.78, 5) is 11.7. The van der Waals surface area contributed by atoms with Crippen molar-refractivity contribution in [1.29, 1.82) is 0 Å². The lowest BCUT2D eigenvalue weighted by Crippen LogP contribution is -2.25. The summed E-state index contributed by atoms with van der Waals surface area (Å²) in [5, 5.41) is 12.4. The molecule has 1 aromatic rings. The first-order chi connectivity index (χ1) is 8.20. The van der Waals surface area contributed by atoms with Gasteiger partial charge in [0.05, 0.1) is 6.10 Å². The molecule has 0 radical (unpaired) electrons. The third-order valence-electron chi connectivity index (χ3n) is 3.03. The van der Waals surface area contributed by atoms with E-state index >= 15 is 0 Å². The Morgan fingerprint density at radius 2 is 2.06 bits per heavy atom. The molecule has 0 aromatic heterocycles. The number of amides is 1. The number of benzene rings is 1. The Labute approximate surface area is 101 Å². The maximum Gasteiger partial charge on any atom is 0.251 e. The molecule has 1 fully saturated rings. The normalized spacial score (nSPS) is 16.6. The summed E-state index contributed by atoms with van der Waals surface area (Å²) in [6.07, 6.45) is 1.79. The molecule has 1 atom stereocenters. The Bertz CT molecular complexity index is 385. The molecule has 1 aliphatic carbocycles. The summed E-state index contributed by atoms with van der Waals surface area (Å²) in [6, 6.07) is 6.92. The lowest BCUT2D eigenvalue weighted by atomic mass is 10.1.